The van der Waals surface area contributed by atoms with E-state index in [1.165, 1.54) is 12.1 Å². The fourth-order valence-corrected chi connectivity index (χ4v) is 4.89. The number of carbonyl (C=O) groups excluding carboxylic acids is 1. The fraction of sp³-hybridized carbons (Fsp3) is 0.200. The highest BCUT2D eigenvalue weighted by molar-refractivity contribution is 7.89. The molecular weight excluding hydrogens is 410 g/mol. The Morgan fingerprint density at radius 3 is 2.83 bits per heavy atom. The Balaban J connectivity index is 1.64. The zero-order valence-corrected chi connectivity index (χ0v) is 16.7. The summed E-state index contributed by atoms with van der Waals surface area (Å²) in [6.45, 7) is 1.42. The lowest BCUT2D eigenvalue weighted by molar-refractivity contribution is -0.138. The zero-order valence-electron chi connectivity index (χ0n) is 15.9. The molecule has 2 heterocycles. The molecule has 2 aromatic carbocycles. The van der Waals surface area contributed by atoms with Gasteiger partial charge in [0.25, 0.3) is 5.91 Å². The molecule has 0 fully saturated rings. The Labute approximate surface area is 172 Å². The van der Waals surface area contributed by atoms with Crippen LogP contribution in [0.3, 0.4) is 0 Å². The lowest BCUT2D eigenvalue weighted by Gasteiger charge is -2.21. The van der Waals surface area contributed by atoms with E-state index < -0.39 is 27.9 Å². The maximum Gasteiger partial charge on any atom is 0.322 e. The van der Waals surface area contributed by atoms with Gasteiger partial charge < -0.3 is 20.1 Å². The van der Waals surface area contributed by atoms with Crippen molar-refractivity contribution in [2.75, 3.05) is 11.9 Å². The maximum absolute atomic E-state index is 13.0. The Hall–Kier alpha value is -3.37. The zero-order chi connectivity index (χ0) is 21.5. The molecule has 1 aliphatic heterocycles. The first-order valence-electron chi connectivity index (χ1n) is 9.12. The summed E-state index contributed by atoms with van der Waals surface area (Å²) in [5.74, 6) is -1.33. The Morgan fingerprint density at radius 1 is 1.30 bits per heavy atom. The van der Waals surface area contributed by atoms with Crippen molar-refractivity contribution in [2.45, 2.75) is 24.3 Å². The second-order valence-corrected chi connectivity index (χ2v) is 8.71. The average Bonchev–Trinajstić information content (AvgIpc) is 3.10. The van der Waals surface area contributed by atoms with E-state index in [1.54, 1.807) is 13.1 Å². The smallest absolute Gasteiger partial charge is 0.322 e. The summed E-state index contributed by atoms with van der Waals surface area (Å²) in [4.78, 5) is 26.3. The van der Waals surface area contributed by atoms with Crippen LogP contribution < -0.4 is 14.8 Å². The van der Waals surface area contributed by atoms with Crippen molar-refractivity contribution < 1.29 is 27.9 Å². The number of carboxylic acids is 1. The number of amides is 1. The number of hydrogen-bond acceptors (Lipinski definition) is 5. The number of aromatic nitrogens is 1. The predicted octanol–water partition coefficient (Wildman–Crippen LogP) is 1.78. The molecule has 3 aromatic rings. The molecule has 9 nitrogen and oxygen atoms in total. The topological polar surface area (TPSA) is 138 Å². The summed E-state index contributed by atoms with van der Waals surface area (Å²) in [6.07, 6.45) is 1.63. The summed E-state index contributed by atoms with van der Waals surface area (Å²) in [5.41, 5.74) is 2.11. The van der Waals surface area contributed by atoms with Gasteiger partial charge in [0.05, 0.1) is 10.6 Å². The first-order valence-corrected chi connectivity index (χ1v) is 10.6. The second-order valence-electron chi connectivity index (χ2n) is 7.03. The summed E-state index contributed by atoms with van der Waals surface area (Å²) in [7, 11) is -4.19. The molecule has 1 aromatic heterocycles. The van der Waals surface area contributed by atoms with Crippen molar-refractivity contribution in [1.29, 1.82) is 0 Å². The van der Waals surface area contributed by atoms with Crippen molar-refractivity contribution in [1.82, 2.24) is 9.71 Å². The van der Waals surface area contributed by atoms with Crippen LogP contribution in [0.5, 0.6) is 5.75 Å². The Kier molecular flexibility index (Phi) is 4.96. The van der Waals surface area contributed by atoms with Crippen LogP contribution in [-0.2, 0) is 26.0 Å². The van der Waals surface area contributed by atoms with Crippen LogP contribution in [0.4, 0.5) is 5.69 Å². The predicted molar refractivity (Wildman–Crippen MR) is 109 cm³/mol. The molecule has 0 saturated heterocycles. The van der Waals surface area contributed by atoms with Crippen molar-refractivity contribution in [3.05, 3.63) is 53.7 Å². The van der Waals surface area contributed by atoms with E-state index >= 15 is 0 Å². The Bertz CT molecular complexity index is 1260. The monoisotopic (exact) mass is 429 g/mol. The minimum Gasteiger partial charge on any atom is -0.482 e. The van der Waals surface area contributed by atoms with Gasteiger partial charge in [0.1, 0.15) is 11.8 Å². The van der Waals surface area contributed by atoms with Crippen LogP contribution in [-0.4, -0.2) is 43.0 Å². The van der Waals surface area contributed by atoms with Gasteiger partial charge in [-0.05, 0) is 36.2 Å². The number of fused-ring (bicyclic) bond motifs is 2. The molecule has 1 atom stereocenters. The van der Waals surface area contributed by atoms with Gasteiger partial charge in [-0.15, -0.1) is 0 Å². The molecule has 0 bridgehead atoms. The number of aliphatic carboxylic acids is 1. The van der Waals surface area contributed by atoms with Gasteiger partial charge in [0.2, 0.25) is 10.0 Å². The third-order valence-corrected chi connectivity index (χ3v) is 6.51. The third kappa shape index (κ3) is 3.74. The van der Waals surface area contributed by atoms with Crippen molar-refractivity contribution in [3.8, 4) is 5.75 Å². The van der Waals surface area contributed by atoms with Crippen LogP contribution in [0.25, 0.3) is 10.9 Å². The second kappa shape index (κ2) is 7.47. The van der Waals surface area contributed by atoms with Crippen molar-refractivity contribution >= 4 is 38.5 Å². The highest BCUT2D eigenvalue weighted by Gasteiger charge is 2.29. The number of nitrogens with one attached hydrogen (secondary N) is 3. The summed E-state index contributed by atoms with van der Waals surface area (Å²) in [5, 5.41) is 13.0. The lowest BCUT2D eigenvalue weighted by atomic mass is 10.1. The molecule has 156 valence electrons. The third-order valence-electron chi connectivity index (χ3n) is 4.89. The number of rotatable bonds is 6. The number of H-pyrrole nitrogens is 1. The fourth-order valence-electron chi connectivity index (χ4n) is 3.45. The molecule has 1 aliphatic rings. The maximum atomic E-state index is 13.0. The normalized spacial score (nSPS) is 14.6. The number of para-hydroxylation sites is 1. The number of carboxylic acid groups (broad SMARTS) is 1. The molecule has 4 rings (SSSR count). The van der Waals surface area contributed by atoms with E-state index in [0.29, 0.717) is 16.9 Å². The number of sulfonamides is 1. The van der Waals surface area contributed by atoms with Crippen molar-refractivity contribution in [2.24, 2.45) is 0 Å². The van der Waals surface area contributed by atoms with Gasteiger partial charge in [-0.25, -0.2) is 8.42 Å². The van der Waals surface area contributed by atoms with E-state index in [4.69, 9.17) is 4.74 Å². The highest BCUT2D eigenvalue weighted by Crippen LogP contribution is 2.33. The average molecular weight is 429 g/mol. The molecule has 0 aliphatic carbocycles. The standard InChI is InChI=1S/C20H19N3O6S/c1-11-6-17-15(22-19(24)10-29-17)8-18(11)30(27,28)23-16(20(25)26)7-12-9-21-14-5-3-2-4-13(12)14/h2-6,8-9,16,21,23H,7,10H2,1H3,(H,22,24)(H,25,26)/t16-/m0/s1. The van der Waals surface area contributed by atoms with Crippen molar-refractivity contribution in [3.63, 3.8) is 0 Å². The van der Waals surface area contributed by atoms with E-state index in [-0.39, 0.29) is 23.6 Å². The van der Waals surface area contributed by atoms with Gasteiger partial charge in [-0.1, -0.05) is 18.2 Å². The van der Waals surface area contributed by atoms with Gasteiger partial charge >= 0.3 is 5.97 Å². The number of ether oxygens (including phenoxy) is 1. The summed E-state index contributed by atoms with van der Waals surface area (Å²) < 4.78 is 33.5. The number of aromatic amines is 1. The highest BCUT2D eigenvalue weighted by atomic mass is 32.2. The number of anilines is 1. The minimum absolute atomic E-state index is 0.0393. The molecule has 10 heteroatoms. The van der Waals surface area contributed by atoms with Gasteiger partial charge in [-0.3, -0.25) is 9.59 Å². The molecule has 4 N–H and O–H groups in total. The van der Waals surface area contributed by atoms with E-state index in [2.05, 4.69) is 15.0 Å². The van der Waals surface area contributed by atoms with E-state index in [9.17, 15) is 23.1 Å². The number of benzene rings is 2. The first-order chi connectivity index (χ1) is 14.2. The molecule has 0 spiro atoms. The first kappa shape index (κ1) is 19.9. The molecule has 1 amide bonds. The van der Waals surface area contributed by atoms with Crippen LogP contribution in [0.2, 0.25) is 0 Å². The molecule has 0 saturated carbocycles. The lowest BCUT2D eigenvalue weighted by Crippen LogP contribution is -2.42. The molecule has 0 unspecified atom stereocenters. The summed E-state index contributed by atoms with van der Waals surface area (Å²) in [6, 6.07) is 8.76. The Morgan fingerprint density at radius 2 is 2.07 bits per heavy atom. The SMILES string of the molecule is Cc1cc2c(cc1S(=O)(=O)N[C@@H](Cc1c[nH]c3ccccc13)C(=O)O)NC(=O)CO2. The van der Waals surface area contributed by atoms with Gasteiger partial charge in [0, 0.05) is 23.5 Å². The van der Waals surface area contributed by atoms with Crippen LogP contribution in [0, 0.1) is 6.92 Å². The van der Waals surface area contributed by atoms with E-state index in [1.807, 2.05) is 24.3 Å². The van der Waals surface area contributed by atoms with Crippen LogP contribution >= 0.6 is 0 Å². The number of carbonyl (C=O) groups is 2. The summed E-state index contributed by atoms with van der Waals surface area (Å²) >= 11 is 0. The van der Waals surface area contributed by atoms with Crippen LogP contribution in [0.1, 0.15) is 11.1 Å². The minimum atomic E-state index is -4.19. The number of aryl methyl sites for hydroxylation is 1. The number of hydrogen-bond donors (Lipinski definition) is 4. The molecule has 30 heavy (non-hydrogen) atoms. The van der Waals surface area contributed by atoms with Gasteiger partial charge in [-0.2, -0.15) is 4.72 Å². The molecule has 0 radical (unpaired) electrons. The quantitative estimate of drug-likeness (QED) is 0.471. The van der Waals surface area contributed by atoms with E-state index in [0.717, 1.165) is 10.9 Å². The molecular formula is C20H19N3O6S. The van der Waals surface area contributed by atoms with Gasteiger partial charge in [0.15, 0.2) is 6.61 Å². The van der Waals surface area contributed by atoms with Crippen LogP contribution in [0.15, 0.2) is 47.5 Å². The largest absolute Gasteiger partial charge is 0.482 e.